The van der Waals surface area contributed by atoms with Crippen molar-refractivity contribution in [1.29, 1.82) is 0 Å². The number of benzene rings is 2. The summed E-state index contributed by atoms with van der Waals surface area (Å²) in [5, 5.41) is 18.0. The maximum Gasteiger partial charge on any atom is 0.270 e. The normalized spacial score (nSPS) is 17.3. The summed E-state index contributed by atoms with van der Waals surface area (Å²) in [4.78, 5) is 15.9. The molecule has 148 valence electrons. The van der Waals surface area contributed by atoms with Crippen LogP contribution in [0.25, 0.3) is 11.3 Å². The van der Waals surface area contributed by atoms with Crippen molar-refractivity contribution in [3.05, 3.63) is 80.5 Å². The van der Waals surface area contributed by atoms with Crippen LogP contribution in [-0.2, 0) is 0 Å². The molecule has 2 aromatic carbocycles. The first kappa shape index (κ1) is 19.3. The number of aromatic nitrogens is 1. The van der Waals surface area contributed by atoms with Gasteiger partial charge in [-0.15, -0.1) is 11.3 Å². The van der Waals surface area contributed by atoms with E-state index in [-0.39, 0.29) is 10.6 Å². The van der Waals surface area contributed by atoms with E-state index in [1.165, 1.54) is 23.0 Å². The number of hydrogen-bond donors (Lipinski definition) is 0. The van der Waals surface area contributed by atoms with E-state index in [2.05, 4.69) is 35.3 Å². The smallest absolute Gasteiger partial charge is 0.261 e. The molecular weight excluding hydrogens is 384 g/mol. The molecule has 1 aliphatic carbocycles. The van der Waals surface area contributed by atoms with E-state index in [0.717, 1.165) is 47.5 Å². The zero-order chi connectivity index (χ0) is 20.2. The lowest BCUT2D eigenvalue weighted by molar-refractivity contribution is -0.384. The van der Waals surface area contributed by atoms with Gasteiger partial charge < -0.3 is 0 Å². The van der Waals surface area contributed by atoms with Crippen molar-refractivity contribution >= 4 is 22.7 Å². The predicted octanol–water partition coefficient (Wildman–Crippen LogP) is 5.22. The minimum atomic E-state index is -0.373. The fraction of sp³-hybridized carbons (Fsp3) is 0.273. The third-order valence-corrected chi connectivity index (χ3v) is 6.21. The Bertz CT molecular complexity index is 1110. The summed E-state index contributed by atoms with van der Waals surface area (Å²) in [5.41, 5.74) is 4.23. The number of nitrogens with zero attached hydrogens (tertiary/aromatic N) is 4. The maximum atomic E-state index is 11.2. The predicted molar refractivity (Wildman–Crippen MR) is 116 cm³/mol. The first-order valence-electron chi connectivity index (χ1n) is 9.65. The molecule has 0 unspecified atom stereocenters. The van der Waals surface area contributed by atoms with E-state index < -0.39 is 0 Å². The molecule has 1 saturated carbocycles. The molecule has 29 heavy (non-hydrogen) atoms. The second-order valence-corrected chi connectivity index (χ2v) is 7.93. The van der Waals surface area contributed by atoms with Gasteiger partial charge in [-0.25, -0.2) is 4.68 Å². The van der Waals surface area contributed by atoms with Crippen LogP contribution < -0.4 is 4.80 Å². The van der Waals surface area contributed by atoms with Crippen molar-refractivity contribution in [1.82, 2.24) is 4.68 Å². The zero-order valence-corrected chi connectivity index (χ0v) is 17.0. The quantitative estimate of drug-likeness (QED) is 0.440. The summed E-state index contributed by atoms with van der Waals surface area (Å²) in [6, 6.07) is 17.3. The van der Waals surface area contributed by atoms with Crippen LogP contribution in [0.1, 0.15) is 37.2 Å². The van der Waals surface area contributed by atoms with E-state index in [0.29, 0.717) is 5.92 Å². The molecule has 7 heteroatoms. The Kier molecular flexibility index (Phi) is 5.67. The van der Waals surface area contributed by atoms with Crippen molar-refractivity contribution in [2.45, 2.75) is 31.6 Å². The summed E-state index contributed by atoms with van der Waals surface area (Å²) in [7, 11) is 1.74. The van der Waals surface area contributed by atoms with Gasteiger partial charge in [-0.3, -0.25) is 15.1 Å². The molecule has 0 aliphatic heterocycles. The van der Waals surface area contributed by atoms with Gasteiger partial charge in [0.15, 0.2) is 0 Å². The molecule has 0 saturated heterocycles. The third kappa shape index (κ3) is 4.19. The molecular formula is C22H22N4O2S. The van der Waals surface area contributed by atoms with Gasteiger partial charge in [-0.05, 0) is 37.2 Å². The van der Waals surface area contributed by atoms with E-state index in [1.54, 1.807) is 19.2 Å². The molecule has 0 spiro atoms. The van der Waals surface area contributed by atoms with Crippen LogP contribution in [0.3, 0.4) is 0 Å². The minimum absolute atomic E-state index is 0.0752. The summed E-state index contributed by atoms with van der Waals surface area (Å²) in [5.74, 6) is 0.578. The molecule has 3 aromatic rings. The van der Waals surface area contributed by atoms with E-state index >= 15 is 0 Å². The highest BCUT2D eigenvalue weighted by Crippen LogP contribution is 2.32. The van der Waals surface area contributed by atoms with Gasteiger partial charge in [0.25, 0.3) is 5.69 Å². The molecule has 1 aromatic heterocycles. The average molecular weight is 407 g/mol. The Balaban J connectivity index is 1.62. The summed E-state index contributed by atoms with van der Waals surface area (Å²) >= 11 is 1.49. The second-order valence-electron chi connectivity index (χ2n) is 7.10. The van der Waals surface area contributed by atoms with E-state index in [9.17, 15) is 10.1 Å². The fourth-order valence-corrected chi connectivity index (χ4v) is 4.57. The zero-order valence-electron chi connectivity index (χ0n) is 16.2. The molecule has 1 heterocycles. The van der Waals surface area contributed by atoms with Gasteiger partial charge in [0.1, 0.15) is 0 Å². The van der Waals surface area contributed by atoms with Crippen LogP contribution in [0.15, 0.2) is 70.1 Å². The van der Waals surface area contributed by atoms with Crippen LogP contribution in [0, 0.1) is 10.1 Å². The van der Waals surface area contributed by atoms with Crippen molar-refractivity contribution < 1.29 is 4.92 Å². The fourth-order valence-electron chi connectivity index (χ4n) is 3.78. The molecule has 1 aliphatic rings. The summed E-state index contributed by atoms with van der Waals surface area (Å²) in [6.07, 6.45) is 4.05. The lowest BCUT2D eigenvalue weighted by Gasteiger charge is -2.23. The number of rotatable bonds is 4. The van der Waals surface area contributed by atoms with Gasteiger partial charge >= 0.3 is 0 Å². The molecule has 4 rings (SSSR count). The number of nitro benzene ring substituents is 1. The van der Waals surface area contributed by atoms with Crippen LogP contribution >= 0.6 is 11.3 Å². The van der Waals surface area contributed by atoms with Crippen LogP contribution in [-0.4, -0.2) is 22.4 Å². The van der Waals surface area contributed by atoms with Crippen LogP contribution in [0.2, 0.25) is 0 Å². The molecule has 0 amide bonds. The molecule has 1 fully saturated rings. The molecule has 0 N–H and O–H groups in total. The number of hydrogen-bond acceptors (Lipinski definition) is 5. The Morgan fingerprint density at radius 2 is 1.86 bits per heavy atom. The van der Waals surface area contributed by atoms with Gasteiger partial charge in [-0.2, -0.15) is 5.10 Å². The Labute approximate surface area is 173 Å². The Morgan fingerprint density at radius 3 is 2.55 bits per heavy atom. The van der Waals surface area contributed by atoms with Gasteiger partial charge in [0.2, 0.25) is 4.80 Å². The topological polar surface area (TPSA) is 72.8 Å². The lowest BCUT2D eigenvalue weighted by Crippen LogP contribution is -2.18. The third-order valence-electron chi connectivity index (χ3n) is 5.30. The highest BCUT2D eigenvalue weighted by atomic mass is 32.1. The molecule has 6 nitrogen and oxygen atoms in total. The maximum absolute atomic E-state index is 11.2. The standard InChI is InChI=1S/C22H22N4O2S/c1-23-22-25(21(15-29-22)18-8-5-9-20(14-18)26(27)28)24-19-12-10-17(11-13-19)16-6-3-2-4-7-16/h2-9,14-15,17H,10-13H2,1H3. The number of non-ortho nitro benzene ring substituents is 1. The first-order valence-corrected chi connectivity index (χ1v) is 10.5. The largest absolute Gasteiger partial charge is 0.270 e. The second kappa shape index (κ2) is 8.53. The lowest BCUT2D eigenvalue weighted by atomic mass is 9.83. The van der Waals surface area contributed by atoms with Gasteiger partial charge in [-0.1, -0.05) is 42.5 Å². The molecule has 0 atom stereocenters. The first-order chi connectivity index (χ1) is 14.2. The molecule has 0 bridgehead atoms. The number of thiazole rings is 1. The Morgan fingerprint density at radius 1 is 1.10 bits per heavy atom. The number of nitro groups is 1. The summed E-state index contributed by atoms with van der Waals surface area (Å²) < 4.78 is 1.84. The minimum Gasteiger partial charge on any atom is -0.261 e. The van der Waals surface area contributed by atoms with Crippen molar-refractivity contribution in [2.75, 3.05) is 7.05 Å². The van der Waals surface area contributed by atoms with Crippen molar-refractivity contribution in [3.8, 4) is 11.3 Å². The van der Waals surface area contributed by atoms with Crippen molar-refractivity contribution in [3.63, 3.8) is 0 Å². The van der Waals surface area contributed by atoms with Gasteiger partial charge in [0.05, 0.1) is 10.6 Å². The van der Waals surface area contributed by atoms with Crippen molar-refractivity contribution in [2.24, 2.45) is 10.1 Å². The summed E-state index contributed by atoms with van der Waals surface area (Å²) in [6.45, 7) is 0. The highest BCUT2D eigenvalue weighted by Gasteiger charge is 2.20. The van der Waals surface area contributed by atoms with Crippen LogP contribution in [0.4, 0.5) is 5.69 Å². The Hall–Kier alpha value is -3.06. The van der Waals surface area contributed by atoms with Crippen LogP contribution in [0.5, 0.6) is 0 Å². The van der Waals surface area contributed by atoms with Gasteiger partial charge in [0, 0.05) is 35.8 Å². The van der Waals surface area contributed by atoms with E-state index in [1.807, 2.05) is 16.1 Å². The monoisotopic (exact) mass is 406 g/mol. The molecule has 0 radical (unpaired) electrons. The SMILES string of the molecule is CN=c1scc(-c2cccc([N+](=O)[O-])c2)n1N=C1CCC(c2ccccc2)CC1. The van der Waals surface area contributed by atoms with E-state index in [4.69, 9.17) is 5.10 Å². The highest BCUT2D eigenvalue weighted by molar-refractivity contribution is 7.07. The average Bonchev–Trinajstić information content (AvgIpc) is 3.17.